The predicted octanol–water partition coefficient (Wildman–Crippen LogP) is 4.30. The van der Waals surface area contributed by atoms with Crippen LogP contribution in [0.5, 0.6) is 0 Å². The molecule has 0 spiro atoms. The van der Waals surface area contributed by atoms with Crippen molar-refractivity contribution < 1.29 is 23.1 Å². The topological polar surface area (TPSA) is 128 Å². The third-order valence-electron chi connectivity index (χ3n) is 8.03. The summed E-state index contributed by atoms with van der Waals surface area (Å²) in [6.07, 6.45) is 4.77. The van der Waals surface area contributed by atoms with E-state index >= 15 is 0 Å². The summed E-state index contributed by atoms with van der Waals surface area (Å²) < 4.78 is 27.4. The number of para-hydroxylation sites is 1. The van der Waals surface area contributed by atoms with Gasteiger partial charge in [0.1, 0.15) is 0 Å². The molecule has 0 aliphatic heterocycles. The average molecular weight is 621 g/mol. The molecule has 0 heterocycles. The summed E-state index contributed by atoms with van der Waals surface area (Å²) in [5, 5.41) is 20.4. The van der Waals surface area contributed by atoms with Gasteiger partial charge in [0.25, 0.3) is 5.91 Å². The standard InChI is InChI=1S/C34H44N4O5S/c1-3-44(42,43)38(29-19-11-6-12-20-29)30-21-13-16-27(23-30)34(41)37-31(22-26-14-7-4-8-15-26)32(39)24-35-25(2)33(40)36-28-17-9-5-10-18-28/h4,6-8,11-16,19-21,23,25,28,31-32,35,39H,3,5,9-10,17-18,22,24H2,1-2H3,(H,36,40)(H,37,41). The van der Waals surface area contributed by atoms with E-state index in [2.05, 4.69) is 16.0 Å². The van der Waals surface area contributed by atoms with Crippen LogP contribution in [-0.2, 0) is 21.2 Å². The van der Waals surface area contributed by atoms with Gasteiger partial charge in [-0.1, -0.05) is 73.9 Å². The number of aliphatic hydroxyl groups is 1. The molecule has 1 aliphatic rings. The van der Waals surface area contributed by atoms with E-state index < -0.39 is 34.1 Å². The van der Waals surface area contributed by atoms with Crippen LogP contribution >= 0.6 is 0 Å². The van der Waals surface area contributed by atoms with Crippen LogP contribution < -0.4 is 20.3 Å². The van der Waals surface area contributed by atoms with Crippen molar-refractivity contribution in [2.75, 3.05) is 16.6 Å². The molecule has 0 radical (unpaired) electrons. The zero-order valence-corrected chi connectivity index (χ0v) is 26.3. The third-order valence-corrected chi connectivity index (χ3v) is 9.74. The molecular formula is C34H44N4O5S. The zero-order valence-electron chi connectivity index (χ0n) is 25.5. The second kappa shape index (κ2) is 15.8. The first-order chi connectivity index (χ1) is 21.2. The Labute approximate surface area is 261 Å². The summed E-state index contributed by atoms with van der Waals surface area (Å²) in [5.41, 5.74) is 1.99. The lowest BCUT2D eigenvalue weighted by atomic mass is 9.95. The van der Waals surface area contributed by atoms with Gasteiger partial charge in [-0.15, -0.1) is 0 Å². The summed E-state index contributed by atoms with van der Waals surface area (Å²) in [4.78, 5) is 26.3. The van der Waals surface area contributed by atoms with E-state index in [1.807, 2.05) is 30.3 Å². The largest absolute Gasteiger partial charge is 0.390 e. The lowest BCUT2D eigenvalue weighted by Gasteiger charge is -2.28. The number of benzene rings is 3. The van der Waals surface area contributed by atoms with E-state index in [1.54, 1.807) is 62.4 Å². The molecule has 9 nitrogen and oxygen atoms in total. The molecule has 1 fully saturated rings. The smallest absolute Gasteiger partial charge is 0.251 e. The van der Waals surface area contributed by atoms with Gasteiger partial charge in [-0.2, -0.15) is 0 Å². The van der Waals surface area contributed by atoms with Crippen LogP contribution in [0.2, 0.25) is 0 Å². The van der Waals surface area contributed by atoms with E-state index in [4.69, 9.17) is 0 Å². The Morgan fingerprint density at radius 2 is 1.55 bits per heavy atom. The Morgan fingerprint density at radius 3 is 2.20 bits per heavy atom. The normalized spacial score (nSPS) is 16.0. The van der Waals surface area contributed by atoms with Crippen molar-refractivity contribution in [1.29, 1.82) is 0 Å². The molecule has 4 N–H and O–H groups in total. The van der Waals surface area contributed by atoms with Crippen molar-refractivity contribution in [2.45, 2.75) is 76.6 Å². The maximum atomic E-state index is 13.6. The van der Waals surface area contributed by atoms with E-state index in [-0.39, 0.29) is 29.8 Å². The first-order valence-electron chi connectivity index (χ1n) is 15.4. The molecule has 0 bridgehead atoms. The molecule has 1 saturated carbocycles. The number of aliphatic hydroxyl groups excluding tert-OH is 1. The van der Waals surface area contributed by atoms with Gasteiger partial charge in [0, 0.05) is 18.2 Å². The number of hydrogen-bond acceptors (Lipinski definition) is 6. The van der Waals surface area contributed by atoms with E-state index in [1.165, 1.54) is 16.8 Å². The van der Waals surface area contributed by atoms with Crippen molar-refractivity contribution >= 4 is 33.2 Å². The minimum Gasteiger partial charge on any atom is -0.390 e. The number of nitrogens with one attached hydrogen (secondary N) is 3. The van der Waals surface area contributed by atoms with Crippen molar-refractivity contribution in [2.24, 2.45) is 0 Å². The fourth-order valence-electron chi connectivity index (χ4n) is 5.44. The Morgan fingerprint density at radius 1 is 0.909 bits per heavy atom. The minimum atomic E-state index is -3.70. The van der Waals surface area contributed by atoms with Crippen LogP contribution in [0.4, 0.5) is 11.4 Å². The first kappa shape index (κ1) is 33.2. The summed E-state index contributed by atoms with van der Waals surface area (Å²) >= 11 is 0. The average Bonchev–Trinajstić information content (AvgIpc) is 3.04. The highest BCUT2D eigenvalue weighted by Gasteiger charge is 2.27. The number of amides is 2. The third kappa shape index (κ3) is 9.14. The van der Waals surface area contributed by atoms with E-state index in [0.717, 1.165) is 31.2 Å². The highest BCUT2D eigenvalue weighted by Crippen LogP contribution is 2.29. The SMILES string of the molecule is CCS(=O)(=O)N(c1ccccc1)c1cccc(C(=O)NC(Cc2ccccc2)C(O)CNC(C)C(=O)NC2CCCCC2)c1. The van der Waals surface area contributed by atoms with Crippen LogP contribution in [0.25, 0.3) is 0 Å². The van der Waals surface area contributed by atoms with Gasteiger partial charge in [0.05, 0.1) is 35.3 Å². The summed E-state index contributed by atoms with van der Waals surface area (Å²) in [6, 6.07) is 23.7. The highest BCUT2D eigenvalue weighted by atomic mass is 32.2. The van der Waals surface area contributed by atoms with Gasteiger partial charge in [-0.3, -0.25) is 9.59 Å². The molecule has 1 aliphatic carbocycles. The predicted molar refractivity (Wildman–Crippen MR) is 174 cm³/mol. The highest BCUT2D eigenvalue weighted by molar-refractivity contribution is 7.93. The number of hydrogen-bond donors (Lipinski definition) is 4. The van der Waals surface area contributed by atoms with E-state index in [9.17, 15) is 23.1 Å². The monoisotopic (exact) mass is 620 g/mol. The summed E-state index contributed by atoms with van der Waals surface area (Å²) in [5.74, 6) is -0.667. The molecule has 44 heavy (non-hydrogen) atoms. The number of sulfonamides is 1. The Balaban J connectivity index is 1.49. The lowest BCUT2D eigenvalue weighted by Crippen LogP contribution is -2.53. The number of carbonyl (C=O) groups is 2. The summed E-state index contributed by atoms with van der Waals surface area (Å²) in [7, 11) is -3.70. The van der Waals surface area contributed by atoms with Gasteiger partial charge in [-0.25, -0.2) is 12.7 Å². The van der Waals surface area contributed by atoms with Crippen LogP contribution in [0.1, 0.15) is 61.9 Å². The maximum absolute atomic E-state index is 13.6. The Kier molecular flexibility index (Phi) is 11.9. The van der Waals surface area contributed by atoms with Gasteiger partial charge in [-0.05, 0) is 69.0 Å². The Bertz CT molecular complexity index is 1460. The van der Waals surface area contributed by atoms with Crippen LogP contribution in [0.15, 0.2) is 84.9 Å². The van der Waals surface area contributed by atoms with Gasteiger partial charge >= 0.3 is 0 Å². The van der Waals surface area contributed by atoms with E-state index in [0.29, 0.717) is 17.8 Å². The second-order valence-electron chi connectivity index (χ2n) is 11.4. The molecule has 3 aromatic rings. The molecule has 0 saturated heterocycles. The number of carbonyl (C=O) groups excluding carboxylic acids is 2. The number of rotatable bonds is 14. The molecular weight excluding hydrogens is 576 g/mol. The molecule has 0 aromatic heterocycles. The van der Waals surface area contributed by atoms with Crippen LogP contribution in [0, 0.1) is 0 Å². The molecule has 10 heteroatoms. The van der Waals surface area contributed by atoms with Crippen molar-refractivity contribution in [1.82, 2.24) is 16.0 Å². The number of nitrogens with zero attached hydrogens (tertiary/aromatic N) is 1. The van der Waals surface area contributed by atoms with Crippen molar-refractivity contribution in [3.63, 3.8) is 0 Å². The first-order valence-corrected chi connectivity index (χ1v) is 17.0. The molecule has 4 rings (SSSR count). The Hall–Kier alpha value is -3.73. The quantitative estimate of drug-likeness (QED) is 0.213. The van der Waals surface area contributed by atoms with Crippen LogP contribution in [0.3, 0.4) is 0 Å². The van der Waals surface area contributed by atoms with Gasteiger partial charge in [0.15, 0.2) is 0 Å². The molecule has 3 unspecified atom stereocenters. The summed E-state index contributed by atoms with van der Waals surface area (Å²) in [6.45, 7) is 3.43. The lowest BCUT2D eigenvalue weighted by molar-refractivity contribution is -0.123. The maximum Gasteiger partial charge on any atom is 0.251 e. The molecule has 3 aromatic carbocycles. The van der Waals surface area contributed by atoms with Gasteiger partial charge in [0.2, 0.25) is 15.9 Å². The second-order valence-corrected chi connectivity index (χ2v) is 13.5. The zero-order chi connectivity index (χ0) is 31.5. The molecule has 3 atom stereocenters. The van der Waals surface area contributed by atoms with Crippen molar-refractivity contribution in [3.05, 3.63) is 96.1 Å². The van der Waals surface area contributed by atoms with Gasteiger partial charge < -0.3 is 21.1 Å². The van der Waals surface area contributed by atoms with Crippen molar-refractivity contribution in [3.8, 4) is 0 Å². The fraction of sp³-hybridized carbons (Fsp3) is 0.412. The number of anilines is 2. The van der Waals surface area contributed by atoms with Crippen LogP contribution in [-0.4, -0.2) is 61.9 Å². The molecule has 236 valence electrons. The minimum absolute atomic E-state index is 0.0909. The molecule has 2 amide bonds. The fourth-order valence-corrected chi connectivity index (χ4v) is 6.58.